The number of nitrogens with zero attached hydrogens (tertiary/aromatic N) is 1. The molecule has 0 heterocycles. The summed E-state index contributed by atoms with van der Waals surface area (Å²) in [6.45, 7) is 9.59. The van der Waals surface area contributed by atoms with Crippen molar-refractivity contribution in [3.8, 4) is 0 Å². The van der Waals surface area contributed by atoms with Crippen molar-refractivity contribution in [1.82, 2.24) is 15.9 Å². The lowest BCUT2D eigenvalue weighted by molar-refractivity contribution is -0.147. The zero-order valence-electron chi connectivity index (χ0n) is 18.6. The average Bonchev–Trinajstić information content (AvgIpc) is 2.68. The fourth-order valence-electron chi connectivity index (χ4n) is 3.25. The molecular formula is C23H35N3O4. The number of benzene rings is 1. The number of allylic oxidation sites excluding steroid dienone is 1. The van der Waals surface area contributed by atoms with E-state index in [9.17, 15) is 19.6 Å². The third-order valence-corrected chi connectivity index (χ3v) is 4.67. The van der Waals surface area contributed by atoms with E-state index < -0.39 is 23.7 Å². The summed E-state index contributed by atoms with van der Waals surface area (Å²) < 4.78 is 0. The van der Waals surface area contributed by atoms with E-state index in [1.807, 2.05) is 70.2 Å². The zero-order valence-corrected chi connectivity index (χ0v) is 18.6. The Morgan fingerprint density at radius 1 is 1.00 bits per heavy atom. The summed E-state index contributed by atoms with van der Waals surface area (Å²) >= 11 is 0. The van der Waals surface area contributed by atoms with Crippen LogP contribution in [-0.4, -0.2) is 34.5 Å². The van der Waals surface area contributed by atoms with Crippen molar-refractivity contribution in [2.75, 3.05) is 6.54 Å². The second kappa shape index (κ2) is 12.8. The first-order valence-corrected chi connectivity index (χ1v) is 10.4. The highest BCUT2D eigenvalue weighted by molar-refractivity contribution is 5.88. The van der Waals surface area contributed by atoms with E-state index in [4.69, 9.17) is 0 Å². The second-order valence-corrected chi connectivity index (χ2v) is 8.37. The molecular weight excluding hydrogens is 382 g/mol. The topological polar surface area (TPSA) is 98.7 Å². The Labute approximate surface area is 179 Å². The van der Waals surface area contributed by atoms with E-state index in [1.165, 1.54) is 11.9 Å². The molecule has 0 radical (unpaired) electrons. The maximum atomic E-state index is 13.1. The van der Waals surface area contributed by atoms with Crippen molar-refractivity contribution in [3.05, 3.63) is 42.0 Å². The van der Waals surface area contributed by atoms with Gasteiger partial charge in [-0.05, 0) is 30.2 Å². The highest BCUT2D eigenvalue weighted by Gasteiger charge is 2.34. The number of hydroxylamine groups is 1. The smallest absolute Gasteiger partial charge is 0.247 e. The SMILES string of the molecule is CC(=O)N(CC(C)C)NC(=O)[C@@H](CC(C)C)[C@H](CC=Cc1ccccc1)C(=O)NO. The van der Waals surface area contributed by atoms with Crippen molar-refractivity contribution in [2.45, 2.75) is 47.5 Å². The Morgan fingerprint density at radius 2 is 1.63 bits per heavy atom. The fourth-order valence-corrected chi connectivity index (χ4v) is 3.25. The second-order valence-electron chi connectivity index (χ2n) is 8.37. The van der Waals surface area contributed by atoms with Crippen LogP contribution in [0.3, 0.4) is 0 Å². The Kier molecular flexibility index (Phi) is 10.8. The summed E-state index contributed by atoms with van der Waals surface area (Å²) in [5.74, 6) is -2.45. The first kappa shape index (κ1) is 25.4. The lowest BCUT2D eigenvalue weighted by Gasteiger charge is -2.30. The van der Waals surface area contributed by atoms with Gasteiger partial charge in [-0.25, -0.2) is 5.48 Å². The Hall–Kier alpha value is -2.67. The molecule has 0 spiro atoms. The van der Waals surface area contributed by atoms with Crippen molar-refractivity contribution >= 4 is 23.8 Å². The molecule has 0 unspecified atom stereocenters. The quantitative estimate of drug-likeness (QED) is 0.401. The Balaban J connectivity index is 3.07. The van der Waals surface area contributed by atoms with Gasteiger partial charge in [0.05, 0.1) is 11.8 Å². The maximum absolute atomic E-state index is 13.1. The third-order valence-electron chi connectivity index (χ3n) is 4.67. The number of nitrogens with one attached hydrogen (secondary N) is 2. The summed E-state index contributed by atoms with van der Waals surface area (Å²) in [5.41, 5.74) is 5.35. The van der Waals surface area contributed by atoms with Gasteiger partial charge in [0.2, 0.25) is 17.7 Å². The first-order chi connectivity index (χ1) is 14.1. The molecule has 0 aromatic heterocycles. The third kappa shape index (κ3) is 8.78. The summed E-state index contributed by atoms with van der Waals surface area (Å²) in [6, 6.07) is 9.62. The molecule has 7 nitrogen and oxygen atoms in total. The van der Waals surface area contributed by atoms with Gasteiger partial charge in [-0.1, -0.05) is 70.2 Å². The van der Waals surface area contributed by atoms with E-state index in [0.717, 1.165) is 5.56 Å². The standard InChI is InChI=1S/C23H35N3O4/c1-16(2)14-21(22(28)24-26(18(5)27)15-17(3)4)20(23(29)25-30)13-9-12-19-10-7-6-8-11-19/h6-12,16-17,20-21,30H,13-15H2,1-5H3,(H,24,28)(H,25,29)/t20-,21-/m0/s1. The van der Waals surface area contributed by atoms with Crippen molar-refractivity contribution in [3.63, 3.8) is 0 Å². The van der Waals surface area contributed by atoms with Crippen LogP contribution in [0.15, 0.2) is 36.4 Å². The Bertz CT molecular complexity index is 716. The van der Waals surface area contributed by atoms with Gasteiger partial charge < -0.3 is 0 Å². The molecule has 0 aliphatic carbocycles. The minimum absolute atomic E-state index is 0.142. The highest BCUT2D eigenvalue weighted by Crippen LogP contribution is 2.25. The van der Waals surface area contributed by atoms with Crippen LogP contribution in [0, 0.1) is 23.7 Å². The van der Waals surface area contributed by atoms with Crippen LogP contribution >= 0.6 is 0 Å². The summed E-state index contributed by atoms with van der Waals surface area (Å²) in [5, 5.41) is 10.5. The van der Waals surface area contributed by atoms with Crippen LogP contribution < -0.4 is 10.9 Å². The summed E-state index contributed by atoms with van der Waals surface area (Å²) in [7, 11) is 0. The van der Waals surface area contributed by atoms with Crippen molar-refractivity contribution < 1.29 is 19.6 Å². The van der Waals surface area contributed by atoms with Gasteiger partial charge in [-0.15, -0.1) is 0 Å². The normalized spacial score (nSPS) is 13.3. The summed E-state index contributed by atoms with van der Waals surface area (Å²) in [6.07, 6.45) is 4.42. The van der Waals surface area contributed by atoms with Gasteiger partial charge in [-0.2, -0.15) is 0 Å². The van der Waals surface area contributed by atoms with E-state index in [1.54, 1.807) is 5.48 Å². The molecule has 30 heavy (non-hydrogen) atoms. The number of carbonyl (C=O) groups is 3. The molecule has 0 saturated carbocycles. The van der Waals surface area contributed by atoms with E-state index in [-0.39, 0.29) is 24.2 Å². The van der Waals surface area contributed by atoms with E-state index in [2.05, 4.69) is 5.43 Å². The molecule has 0 aliphatic heterocycles. The number of carbonyl (C=O) groups excluding carboxylic acids is 3. The van der Waals surface area contributed by atoms with Crippen molar-refractivity contribution in [1.29, 1.82) is 0 Å². The van der Waals surface area contributed by atoms with Gasteiger partial charge in [0.1, 0.15) is 0 Å². The van der Waals surface area contributed by atoms with Crippen molar-refractivity contribution in [2.24, 2.45) is 23.7 Å². The van der Waals surface area contributed by atoms with Crippen LogP contribution in [0.5, 0.6) is 0 Å². The van der Waals surface area contributed by atoms with Gasteiger partial charge in [0.25, 0.3) is 0 Å². The number of amides is 3. The van der Waals surface area contributed by atoms with Crippen LogP contribution in [0.25, 0.3) is 6.08 Å². The van der Waals surface area contributed by atoms with Crippen LogP contribution in [0.4, 0.5) is 0 Å². The fraction of sp³-hybridized carbons (Fsp3) is 0.522. The number of rotatable bonds is 10. The minimum Gasteiger partial charge on any atom is -0.289 e. The van der Waals surface area contributed by atoms with Gasteiger partial charge in [0.15, 0.2) is 0 Å². The molecule has 1 rings (SSSR count). The van der Waals surface area contributed by atoms with Gasteiger partial charge >= 0.3 is 0 Å². The zero-order chi connectivity index (χ0) is 22.7. The molecule has 1 aromatic rings. The van der Waals surface area contributed by atoms with E-state index >= 15 is 0 Å². The molecule has 3 N–H and O–H groups in total. The molecule has 3 amide bonds. The van der Waals surface area contributed by atoms with Crippen LogP contribution in [0.2, 0.25) is 0 Å². The predicted octanol–water partition coefficient (Wildman–Crippen LogP) is 3.41. The van der Waals surface area contributed by atoms with Gasteiger partial charge in [-0.3, -0.25) is 30.0 Å². The molecule has 2 atom stereocenters. The van der Waals surface area contributed by atoms with Crippen LogP contribution in [0.1, 0.15) is 53.0 Å². The van der Waals surface area contributed by atoms with Crippen LogP contribution in [-0.2, 0) is 14.4 Å². The number of hydrogen-bond acceptors (Lipinski definition) is 4. The highest BCUT2D eigenvalue weighted by atomic mass is 16.5. The first-order valence-electron chi connectivity index (χ1n) is 10.4. The minimum atomic E-state index is -0.773. The monoisotopic (exact) mass is 417 g/mol. The molecule has 0 bridgehead atoms. The summed E-state index contributed by atoms with van der Waals surface area (Å²) in [4.78, 5) is 37.4. The number of hydrazine groups is 1. The molecule has 1 aromatic carbocycles. The molecule has 166 valence electrons. The average molecular weight is 418 g/mol. The lowest BCUT2D eigenvalue weighted by Crippen LogP contribution is -2.51. The van der Waals surface area contributed by atoms with E-state index in [0.29, 0.717) is 13.0 Å². The molecule has 0 saturated heterocycles. The molecule has 7 heteroatoms. The maximum Gasteiger partial charge on any atom is 0.247 e. The molecule has 0 fully saturated rings. The number of hydrogen-bond donors (Lipinski definition) is 3. The predicted molar refractivity (Wildman–Crippen MR) is 117 cm³/mol. The lowest BCUT2D eigenvalue weighted by atomic mass is 9.82. The largest absolute Gasteiger partial charge is 0.289 e. The Morgan fingerprint density at radius 3 is 2.13 bits per heavy atom. The van der Waals surface area contributed by atoms with Gasteiger partial charge in [0, 0.05) is 13.5 Å². The molecule has 0 aliphatic rings.